The molecule has 7 heteroatoms. The second-order valence-electron chi connectivity index (χ2n) is 4.23. The van der Waals surface area contributed by atoms with Crippen molar-refractivity contribution in [3.05, 3.63) is 0 Å². The first-order valence-electron chi connectivity index (χ1n) is 5.91. The highest BCUT2D eigenvalue weighted by Crippen LogP contribution is 1.81. The van der Waals surface area contributed by atoms with Crippen molar-refractivity contribution in [3.63, 3.8) is 0 Å². The number of amides is 3. The molecule has 0 aromatic carbocycles. The van der Waals surface area contributed by atoms with Gasteiger partial charge in [-0.25, -0.2) is 4.79 Å². The standard InChI is InChI=1S/C11H24N4O3/c1-9(8-18-4)14-10(16)7-12-5-6-13-11(17)15(2)3/h9,12H,5-8H2,1-4H3,(H,13,17)(H,14,16). The molecule has 0 saturated carbocycles. The molecule has 0 aliphatic carbocycles. The second-order valence-corrected chi connectivity index (χ2v) is 4.23. The van der Waals surface area contributed by atoms with Crippen LogP contribution in [0.5, 0.6) is 0 Å². The van der Waals surface area contributed by atoms with Gasteiger partial charge < -0.3 is 25.6 Å². The maximum Gasteiger partial charge on any atom is 0.316 e. The Labute approximate surface area is 108 Å². The maximum absolute atomic E-state index is 11.4. The number of carbonyl (C=O) groups is 2. The molecule has 0 aromatic rings. The molecule has 106 valence electrons. The molecule has 0 aliphatic rings. The van der Waals surface area contributed by atoms with Gasteiger partial charge in [-0.2, -0.15) is 0 Å². The molecule has 0 aliphatic heterocycles. The molecular weight excluding hydrogens is 236 g/mol. The van der Waals surface area contributed by atoms with Gasteiger partial charge in [0.1, 0.15) is 0 Å². The van der Waals surface area contributed by atoms with E-state index in [9.17, 15) is 9.59 Å². The molecule has 3 N–H and O–H groups in total. The third-order valence-electron chi connectivity index (χ3n) is 2.09. The first-order valence-corrected chi connectivity index (χ1v) is 5.91. The minimum atomic E-state index is -0.144. The summed E-state index contributed by atoms with van der Waals surface area (Å²) in [6, 6.07) is -0.146. The van der Waals surface area contributed by atoms with Gasteiger partial charge in [0.05, 0.1) is 13.2 Å². The highest BCUT2D eigenvalue weighted by molar-refractivity contribution is 5.78. The minimum Gasteiger partial charge on any atom is -0.383 e. The lowest BCUT2D eigenvalue weighted by molar-refractivity contribution is -0.121. The number of hydrogen-bond acceptors (Lipinski definition) is 4. The van der Waals surface area contributed by atoms with Crippen molar-refractivity contribution < 1.29 is 14.3 Å². The highest BCUT2D eigenvalue weighted by atomic mass is 16.5. The molecule has 0 aromatic heterocycles. The summed E-state index contributed by atoms with van der Waals surface area (Å²) in [4.78, 5) is 24.0. The van der Waals surface area contributed by atoms with Crippen LogP contribution >= 0.6 is 0 Å². The summed E-state index contributed by atoms with van der Waals surface area (Å²) in [5.41, 5.74) is 0. The van der Waals surface area contributed by atoms with Crippen LogP contribution in [0.2, 0.25) is 0 Å². The zero-order valence-electron chi connectivity index (χ0n) is 11.6. The van der Waals surface area contributed by atoms with E-state index in [1.807, 2.05) is 6.92 Å². The van der Waals surface area contributed by atoms with Crippen molar-refractivity contribution in [2.75, 3.05) is 47.4 Å². The van der Waals surface area contributed by atoms with Crippen LogP contribution < -0.4 is 16.0 Å². The van der Waals surface area contributed by atoms with E-state index in [1.54, 1.807) is 21.2 Å². The molecular formula is C11H24N4O3. The normalized spacial score (nSPS) is 11.8. The first kappa shape index (κ1) is 16.7. The Morgan fingerprint density at radius 1 is 1.28 bits per heavy atom. The van der Waals surface area contributed by atoms with Gasteiger partial charge in [-0.3, -0.25) is 4.79 Å². The molecule has 7 nitrogen and oxygen atoms in total. The summed E-state index contributed by atoms with van der Waals surface area (Å²) in [6.07, 6.45) is 0. The predicted molar refractivity (Wildman–Crippen MR) is 69.4 cm³/mol. The van der Waals surface area contributed by atoms with Crippen molar-refractivity contribution in [1.82, 2.24) is 20.9 Å². The Kier molecular flexibility index (Phi) is 8.95. The summed E-state index contributed by atoms with van der Waals surface area (Å²) < 4.78 is 4.91. The van der Waals surface area contributed by atoms with E-state index in [4.69, 9.17) is 4.74 Å². The zero-order valence-corrected chi connectivity index (χ0v) is 11.6. The summed E-state index contributed by atoms with van der Waals surface area (Å²) in [5, 5.41) is 8.41. The quantitative estimate of drug-likeness (QED) is 0.489. The third-order valence-corrected chi connectivity index (χ3v) is 2.09. The highest BCUT2D eigenvalue weighted by Gasteiger charge is 2.06. The fourth-order valence-electron chi connectivity index (χ4n) is 1.24. The molecule has 3 amide bonds. The van der Waals surface area contributed by atoms with E-state index >= 15 is 0 Å². The van der Waals surface area contributed by atoms with E-state index in [0.29, 0.717) is 19.7 Å². The Morgan fingerprint density at radius 2 is 1.94 bits per heavy atom. The number of hydrogen-bond donors (Lipinski definition) is 3. The fourth-order valence-corrected chi connectivity index (χ4v) is 1.24. The van der Waals surface area contributed by atoms with Crippen LogP contribution in [0.3, 0.4) is 0 Å². The zero-order chi connectivity index (χ0) is 14.0. The monoisotopic (exact) mass is 260 g/mol. The molecule has 0 rings (SSSR count). The van der Waals surface area contributed by atoms with Crippen LogP contribution in [0.15, 0.2) is 0 Å². The molecule has 18 heavy (non-hydrogen) atoms. The lowest BCUT2D eigenvalue weighted by Crippen LogP contribution is -2.43. The van der Waals surface area contributed by atoms with Gasteiger partial charge in [-0.1, -0.05) is 0 Å². The van der Waals surface area contributed by atoms with Crippen LogP contribution in [0.1, 0.15) is 6.92 Å². The first-order chi connectivity index (χ1) is 8.47. The SMILES string of the molecule is COCC(C)NC(=O)CNCCNC(=O)N(C)C. The van der Waals surface area contributed by atoms with Crippen LogP contribution in [0.4, 0.5) is 4.79 Å². The average Bonchev–Trinajstić information content (AvgIpc) is 2.28. The number of urea groups is 1. The molecule has 0 radical (unpaired) electrons. The number of methoxy groups -OCH3 is 1. The number of ether oxygens (including phenoxy) is 1. The average molecular weight is 260 g/mol. The Bertz CT molecular complexity index is 259. The summed E-state index contributed by atoms with van der Waals surface area (Å²) in [6.45, 7) is 3.62. The molecule has 0 heterocycles. The van der Waals surface area contributed by atoms with E-state index in [1.165, 1.54) is 4.90 Å². The number of nitrogens with zero attached hydrogens (tertiary/aromatic N) is 1. The van der Waals surface area contributed by atoms with E-state index in [2.05, 4.69) is 16.0 Å². The van der Waals surface area contributed by atoms with Crippen molar-refractivity contribution >= 4 is 11.9 Å². The molecule has 1 unspecified atom stereocenters. The third kappa shape index (κ3) is 8.77. The fraction of sp³-hybridized carbons (Fsp3) is 0.818. The molecule has 0 saturated heterocycles. The summed E-state index contributed by atoms with van der Waals surface area (Å²) in [7, 11) is 4.94. The Morgan fingerprint density at radius 3 is 2.50 bits per heavy atom. The van der Waals surface area contributed by atoms with Crippen molar-refractivity contribution in [1.29, 1.82) is 0 Å². The van der Waals surface area contributed by atoms with Gasteiger partial charge in [-0.05, 0) is 6.92 Å². The second kappa shape index (κ2) is 9.67. The van der Waals surface area contributed by atoms with Gasteiger partial charge in [0.25, 0.3) is 0 Å². The predicted octanol–water partition coefficient (Wildman–Crippen LogP) is -1.00. The van der Waals surface area contributed by atoms with E-state index < -0.39 is 0 Å². The van der Waals surface area contributed by atoms with Gasteiger partial charge in [0.15, 0.2) is 0 Å². The van der Waals surface area contributed by atoms with Crippen LogP contribution in [0.25, 0.3) is 0 Å². The largest absolute Gasteiger partial charge is 0.383 e. The Balaban J connectivity index is 3.49. The van der Waals surface area contributed by atoms with Crippen molar-refractivity contribution in [3.8, 4) is 0 Å². The molecule has 0 bridgehead atoms. The van der Waals surface area contributed by atoms with E-state index in [0.717, 1.165) is 0 Å². The lowest BCUT2D eigenvalue weighted by Gasteiger charge is -2.14. The van der Waals surface area contributed by atoms with Gasteiger partial charge in [-0.15, -0.1) is 0 Å². The minimum absolute atomic E-state index is 0.00209. The van der Waals surface area contributed by atoms with Crippen LogP contribution in [-0.2, 0) is 9.53 Å². The van der Waals surface area contributed by atoms with Gasteiger partial charge in [0, 0.05) is 40.3 Å². The molecule has 1 atom stereocenters. The number of carbonyl (C=O) groups excluding carboxylic acids is 2. The molecule has 0 fully saturated rings. The topological polar surface area (TPSA) is 82.7 Å². The van der Waals surface area contributed by atoms with Crippen LogP contribution in [-0.4, -0.2) is 70.3 Å². The smallest absolute Gasteiger partial charge is 0.316 e. The van der Waals surface area contributed by atoms with Crippen LogP contribution in [0, 0.1) is 0 Å². The number of rotatable bonds is 8. The van der Waals surface area contributed by atoms with Crippen molar-refractivity contribution in [2.45, 2.75) is 13.0 Å². The van der Waals surface area contributed by atoms with Gasteiger partial charge >= 0.3 is 6.03 Å². The molecule has 0 spiro atoms. The van der Waals surface area contributed by atoms with Gasteiger partial charge in [0.2, 0.25) is 5.91 Å². The Hall–Kier alpha value is -1.34. The van der Waals surface area contributed by atoms with E-state index in [-0.39, 0.29) is 24.5 Å². The lowest BCUT2D eigenvalue weighted by atomic mass is 10.3. The number of nitrogens with one attached hydrogen (secondary N) is 3. The summed E-state index contributed by atoms with van der Waals surface area (Å²) >= 11 is 0. The van der Waals surface area contributed by atoms with Crippen molar-refractivity contribution in [2.24, 2.45) is 0 Å². The maximum atomic E-state index is 11.4. The summed E-state index contributed by atoms with van der Waals surface area (Å²) in [5.74, 6) is -0.0847.